The highest BCUT2D eigenvalue weighted by Crippen LogP contribution is 2.46. The molecule has 0 unspecified atom stereocenters. The zero-order valence-electron chi connectivity index (χ0n) is 12.4. The zero-order chi connectivity index (χ0) is 16.5. The van der Waals surface area contributed by atoms with E-state index in [1.54, 1.807) is 12.1 Å². The Labute approximate surface area is 137 Å². The highest BCUT2D eigenvalue weighted by molar-refractivity contribution is 7.89. The lowest BCUT2D eigenvalue weighted by atomic mass is 10.0. The van der Waals surface area contributed by atoms with Gasteiger partial charge in [0.25, 0.3) is 0 Å². The molecular formula is C18H11N3O2S. The highest BCUT2D eigenvalue weighted by Gasteiger charge is 2.26. The standard InChI is InChI=1S/C18H11N3O2S/c19-24(22,23)11-8-10-4-3-5-12-16(10)13(9-11)18-17(12)20-14-6-1-2-7-15(14)21-18/h1-9H,(H2,19,22,23). The predicted molar refractivity (Wildman–Crippen MR) is 92.8 cm³/mol. The number of benzene rings is 3. The number of hydrogen-bond acceptors (Lipinski definition) is 4. The molecule has 0 aliphatic heterocycles. The molecule has 0 bridgehead atoms. The fraction of sp³-hybridized carbons (Fsp3) is 0. The molecule has 0 amide bonds. The van der Waals surface area contributed by atoms with Crippen LogP contribution in [0.1, 0.15) is 0 Å². The Hall–Kier alpha value is -2.83. The van der Waals surface area contributed by atoms with E-state index in [0.29, 0.717) is 5.69 Å². The van der Waals surface area contributed by atoms with Crippen LogP contribution in [0.15, 0.2) is 59.5 Å². The van der Waals surface area contributed by atoms with E-state index in [1.165, 1.54) is 0 Å². The maximum absolute atomic E-state index is 11.8. The lowest BCUT2D eigenvalue weighted by Crippen LogP contribution is -2.12. The van der Waals surface area contributed by atoms with Gasteiger partial charge in [0.2, 0.25) is 10.0 Å². The van der Waals surface area contributed by atoms with Crippen molar-refractivity contribution < 1.29 is 8.42 Å². The van der Waals surface area contributed by atoms with Crippen molar-refractivity contribution in [1.82, 2.24) is 9.97 Å². The summed E-state index contributed by atoms with van der Waals surface area (Å²) in [6.45, 7) is 0. The summed E-state index contributed by atoms with van der Waals surface area (Å²) in [7, 11) is -3.80. The minimum atomic E-state index is -3.80. The first-order chi connectivity index (χ1) is 11.5. The second-order valence-corrected chi connectivity index (χ2v) is 7.39. The van der Waals surface area contributed by atoms with E-state index in [2.05, 4.69) is 0 Å². The van der Waals surface area contributed by atoms with Crippen molar-refractivity contribution in [3.63, 3.8) is 0 Å². The number of aromatic nitrogens is 2. The molecule has 0 saturated heterocycles. The van der Waals surface area contributed by atoms with Gasteiger partial charge in [0.05, 0.1) is 27.3 Å². The SMILES string of the molecule is NS(=O)(=O)c1cc2c3c(cccc3c1)-c1nc3ccccc3nc1-2. The van der Waals surface area contributed by atoms with Crippen molar-refractivity contribution in [2.45, 2.75) is 4.90 Å². The number of hydrogen-bond donors (Lipinski definition) is 1. The first-order valence-corrected chi connectivity index (χ1v) is 8.94. The van der Waals surface area contributed by atoms with Crippen LogP contribution in [-0.2, 0) is 10.0 Å². The molecule has 3 aromatic carbocycles. The molecule has 1 heterocycles. The molecule has 24 heavy (non-hydrogen) atoms. The Morgan fingerprint density at radius 2 is 1.46 bits per heavy atom. The third-order valence-corrected chi connectivity index (χ3v) is 5.25. The Balaban J connectivity index is 1.97. The van der Waals surface area contributed by atoms with Crippen LogP contribution in [0.25, 0.3) is 44.3 Å². The van der Waals surface area contributed by atoms with Gasteiger partial charge in [-0.15, -0.1) is 0 Å². The topological polar surface area (TPSA) is 85.9 Å². The summed E-state index contributed by atoms with van der Waals surface area (Å²) < 4.78 is 23.7. The van der Waals surface area contributed by atoms with Crippen LogP contribution in [0, 0.1) is 0 Å². The van der Waals surface area contributed by atoms with Gasteiger partial charge in [0.1, 0.15) is 0 Å². The largest absolute Gasteiger partial charge is 0.244 e. The molecular weight excluding hydrogens is 322 g/mol. The first kappa shape index (κ1) is 13.6. The minimum absolute atomic E-state index is 0.0879. The van der Waals surface area contributed by atoms with E-state index in [-0.39, 0.29) is 4.90 Å². The summed E-state index contributed by atoms with van der Waals surface area (Å²) in [4.78, 5) is 9.55. The summed E-state index contributed by atoms with van der Waals surface area (Å²) in [6.07, 6.45) is 0. The molecule has 5 rings (SSSR count). The van der Waals surface area contributed by atoms with Gasteiger partial charge in [-0.25, -0.2) is 23.5 Å². The van der Waals surface area contributed by atoms with E-state index >= 15 is 0 Å². The molecule has 2 N–H and O–H groups in total. The van der Waals surface area contributed by atoms with Gasteiger partial charge in [-0.1, -0.05) is 30.3 Å². The summed E-state index contributed by atoms with van der Waals surface area (Å²) in [6, 6.07) is 16.6. The fourth-order valence-electron chi connectivity index (χ4n) is 3.32. The smallest absolute Gasteiger partial charge is 0.238 e. The molecule has 5 nitrogen and oxygen atoms in total. The van der Waals surface area contributed by atoms with Crippen molar-refractivity contribution in [1.29, 1.82) is 0 Å². The number of primary sulfonamides is 1. The molecule has 116 valence electrons. The molecule has 1 aliphatic carbocycles. The third kappa shape index (κ3) is 1.75. The Morgan fingerprint density at radius 3 is 2.12 bits per heavy atom. The zero-order valence-corrected chi connectivity index (χ0v) is 13.2. The fourth-order valence-corrected chi connectivity index (χ4v) is 3.90. The second kappa shape index (κ2) is 4.37. The molecule has 4 aromatic rings. The Kier molecular flexibility index (Phi) is 2.48. The monoisotopic (exact) mass is 333 g/mol. The van der Waals surface area contributed by atoms with Crippen LogP contribution in [0.3, 0.4) is 0 Å². The summed E-state index contributed by atoms with van der Waals surface area (Å²) in [5.74, 6) is 0. The van der Waals surface area contributed by atoms with Gasteiger partial charge in [-0.3, -0.25) is 0 Å². The molecule has 0 saturated carbocycles. The van der Waals surface area contributed by atoms with E-state index in [4.69, 9.17) is 15.1 Å². The Morgan fingerprint density at radius 1 is 0.792 bits per heavy atom. The first-order valence-electron chi connectivity index (χ1n) is 7.39. The Bertz CT molecular complexity index is 1280. The molecule has 1 aromatic heterocycles. The maximum Gasteiger partial charge on any atom is 0.238 e. The number of sulfonamides is 1. The van der Waals surface area contributed by atoms with Crippen LogP contribution >= 0.6 is 0 Å². The number of rotatable bonds is 1. The lowest BCUT2D eigenvalue weighted by molar-refractivity contribution is 0.598. The van der Waals surface area contributed by atoms with Crippen LogP contribution in [-0.4, -0.2) is 18.4 Å². The van der Waals surface area contributed by atoms with Crippen molar-refractivity contribution in [3.05, 3.63) is 54.6 Å². The van der Waals surface area contributed by atoms with Gasteiger partial charge < -0.3 is 0 Å². The van der Waals surface area contributed by atoms with E-state index in [1.807, 2.05) is 42.5 Å². The average Bonchev–Trinajstić information content (AvgIpc) is 2.87. The number of fused-ring (bicyclic) bond motifs is 4. The predicted octanol–water partition coefficient (Wildman–Crippen LogP) is 3.08. The van der Waals surface area contributed by atoms with Crippen LogP contribution in [0.4, 0.5) is 0 Å². The van der Waals surface area contributed by atoms with Gasteiger partial charge in [-0.2, -0.15) is 0 Å². The number of nitrogens with zero attached hydrogens (tertiary/aromatic N) is 2. The van der Waals surface area contributed by atoms with Crippen molar-refractivity contribution >= 4 is 31.8 Å². The molecule has 1 aliphatic rings. The van der Waals surface area contributed by atoms with Crippen molar-refractivity contribution in [2.24, 2.45) is 5.14 Å². The van der Waals surface area contributed by atoms with E-state index < -0.39 is 10.0 Å². The van der Waals surface area contributed by atoms with Gasteiger partial charge in [0, 0.05) is 16.5 Å². The van der Waals surface area contributed by atoms with Crippen molar-refractivity contribution in [2.75, 3.05) is 0 Å². The maximum atomic E-state index is 11.8. The van der Waals surface area contributed by atoms with E-state index in [9.17, 15) is 8.42 Å². The molecule has 0 fully saturated rings. The number of nitrogens with two attached hydrogens (primary N) is 1. The van der Waals surface area contributed by atoms with Crippen LogP contribution < -0.4 is 5.14 Å². The second-order valence-electron chi connectivity index (χ2n) is 5.83. The van der Waals surface area contributed by atoms with Crippen LogP contribution in [0.5, 0.6) is 0 Å². The van der Waals surface area contributed by atoms with Crippen molar-refractivity contribution in [3.8, 4) is 22.5 Å². The minimum Gasteiger partial charge on any atom is -0.244 e. The van der Waals surface area contributed by atoms with Gasteiger partial charge in [-0.05, 0) is 29.7 Å². The molecule has 0 radical (unpaired) electrons. The summed E-state index contributed by atoms with van der Waals surface area (Å²) in [5, 5.41) is 7.12. The molecule has 0 spiro atoms. The van der Waals surface area contributed by atoms with Crippen LogP contribution in [0.2, 0.25) is 0 Å². The lowest BCUT2D eigenvalue weighted by Gasteiger charge is -2.05. The van der Waals surface area contributed by atoms with E-state index in [0.717, 1.165) is 38.6 Å². The van der Waals surface area contributed by atoms with Gasteiger partial charge >= 0.3 is 0 Å². The summed E-state index contributed by atoms with van der Waals surface area (Å²) >= 11 is 0. The highest BCUT2D eigenvalue weighted by atomic mass is 32.2. The number of para-hydroxylation sites is 2. The van der Waals surface area contributed by atoms with Gasteiger partial charge in [0.15, 0.2) is 0 Å². The normalized spacial score (nSPS) is 12.7. The molecule has 0 atom stereocenters. The average molecular weight is 333 g/mol. The summed E-state index contributed by atoms with van der Waals surface area (Å²) in [5.41, 5.74) is 4.80. The molecule has 6 heteroatoms. The third-order valence-electron chi connectivity index (χ3n) is 4.36. The quantitative estimate of drug-likeness (QED) is 0.511.